The van der Waals surface area contributed by atoms with Crippen molar-refractivity contribution in [1.29, 1.82) is 0 Å². The fourth-order valence-corrected chi connectivity index (χ4v) is 1.45. The zero-order chi connectivity index (χ0) is 13.5. The molecule has 1 atom stereocenters. The maximum atomic E-state index is 11.9. The van der Waals surface area contributed by atoms with Gasteiger partial charge < -0.3 is 15.2 Å². The van der Waals surface area contributed by atoms with Crippen molar-refractivity contribution in [2.75, 3.05) is 13.7 Å². The highest BCUT2D eigenvalue weighted by atomic mass is 16.5. The molecule has 0 fully saturated rings. The largest absolute Gasteiger partial charge is 0.481 e. The minimum absolute atomic E-state index is 0.107. The van der Waals surface area contributed by atoms with Crippen LogP contribution in [0.1, 0.15) is 22.8 Å². The number of nitrogens with one attached hydrogen (secondary N) is 1. The van der Waals surface area contributed by atoms with Crippen LogP contribution < -0.4 is 5.32 Å². The summed E-state index contributed by atoms with van der Waals surface area (Å²) in [6.07, 6.45) is 0. The van der Waals surface area contributed by atoms with Gasteiger partial charge in [0.2, 0.25) is 0 Å². The Morgan fingerprint density at radius 1 is 1.39 bits per heavy atom. The molecular formula is C13H17NO4. The molecule has 0 heterocycles. The van der Waals surface area contributed by atoms with Crippen LogP contribution in [-0.4, -0.2) is 30.6 Å². The Morgan fingerprint density at radius 3 is 2.67 bits per heavy atom. The number of methoxy groups -OCH3 is 1. The molecule has 1 unspecified atom stereocenters. The fraction of sp³-hybridized carbons (Fsp3) is 0.385. The van der Waals surface area contributed by atoms with Crippen LogP contribution in [0, 0.1) is 5.92 Å². The van der Waals surface area contributed by atoms with Gasteiger partial charge in [0.15, 0.2) is 0 Å². The Labute approximate surface area is 106 Å². The third-order valence-corrected chi connectivity index (χ3v) is 2.55. The first-order chi connectivity index (χ1) is 8.56. The van der Waals surface area contributed by atoms with Gasteiger partial charge in [0.25, 0.3) is 5.91 Å². The van der Waals surface area contributed by atoms with E-state index < -0.39 is 11.9 Å². The Hall–Kier alpha value is -1.88. The molecule has 0 spiro atoms. The van der Waals surface area contributed by atoms with E-state index in [0.29, 0.717) is 12.2 Å². The molecule has 5 nitrogen and oxygen atoms in total. The van der Waals surface area contributed by atoms with Crippen LogP contribution in [0.3, 0.4) is 0 Å². The number of benzene rings is 1. The molecule has 1 aromatic carbocycles. The molecule has 1 rings (SSSR count). The zero-order valence-electron chi connectivity index (χ0n) is 10.5. The first-order valence-electron chi connectivity index (χ1n) is 5.64. The molecule has 0 aliphatic rings. The lowest BCUT2D eigenvalue weighted by atomic mass is 10.1. The first-order valence-corrected chi connectivity index (χ1v) is 5.64. The third kappa shape index (κ3) is 3.85. The molecule has 1 aromatic rings. The number of aliphatic carboxylic acids is 1. The molecule has 18 heavy (non-hydrogen) atoms. The number of hydrogen-bond donors (Lipinski definition) is 2. The predicted octanol–water partition coefficient (Wildman–Crippen LogP) is 1.28. The number of carbonyl (C=O) groups excluding carboxylic acids is 1. The Balaban J connectivity index is 2.69. The minimum Gasteiger partial charge on any atom is -0.481 e. The Morgan fingerprint density at radius 2 is 2.06 bits per heavy atom. The first kappa shape index (κ1) is 14.2. The highest BCUT2D eigenvalue weighted by Gasteiger charge is 2.14. The van der Waals surface area contributed by atoms with Crippen molar-refractivity contribution < 1.29 is 19.4 Å². The lowest BCUT2D eigenvalue weighted by Gasteiger charge is -2.11. The summed E-state index contributed by atoms with van der Waals surface area (Å²) in [5.74, 6) is -1.82. The summed E-state index contributed by atoms with van der Waals surface area (Å²) in [5.41, 5.74) is 1.29. The van der Waals surface area contributed by atoms with Gasteiger partial charge in [-0.15, -0.1) is 0 Å². The second kappa shape index (κ2) is 6.76. The van der Waals surface area contributed by atoms with Crippen LogP contribution >= 0.6 is 0 Å². The van der Waals surface area contributed by atoms with Crippen molar-refractivity contribution in [3.63, 3.8) is 0 Å². The van der Waals surface area contributed by atoms with Gasteiger partial charge in [-0.2, -0.15) is 0 Å². The minimum atomic E-state index is -0.930. The standard InChI is InChI=1S/C13H17NO4/c1-9(13(16)17)7-14-12(15)11-6-4-3-5-10(11)8-18-2/h3-6,9H,7-8H2,1-2H3,(H,14,15)(H,16,17). The molecule has 1 amide bonds. The monoisotopic (exact) mass is 251 g/mol. The van der Waals surface area contributed by atoms with E-state index in [1.165, 1.54) is 0 Å². The van der Waals surface area contributed by atoms with E-state index in [2.05, 4.69) is 5.32 Å². The van der Waals surface area contributed by atoms with Gasteiger partial charge in [-0.05, 0) is 11.6 Å². The number of ether oxygens (including phenoxy) is 1. The quantitative estimate of drug-likeness (QED) is 0.798. The number of carboxylic acids is 1. The summed E-state index contributed by atoms with van der Waals surface area (Å²) in [7, 11) is 1.56. The topological polar surface area (TPSA) is 75.6 Å². The number of hydrogen-bond acceptors (Lipinski definition) is 3. The average Bonchev–Trinajstić information content (AvgIpc) is 2.36. The molecule has 5 heteroatoms. The van der Waals surface area contributed by atoms with E-state index in [9.17, 15) is 9.59 Å². The molecule has 98 valence electrons. The van der Waals surface area contributed by atoms with Gasteiger partial charge in [-0.25, -0.2) is 0 Å². The van der Waals surface area contributed by atoms with Crippen molar-refractivity contribution >= 4 is 11.9 Å². The van der Waals surface area contributed by atoms with E-state index in [0.717, 1.165) is 5.56 Å². The highest BCUT2D eigenvalue weighted by molar-refractivity contribution is 5.95. The lowest BCUT2D eigenvalue weighted by Crippen LogP contribution is -2.32. The van der Waals surface area contributed by atoms with Crippen molar-refractivity contribution in [2.24, 2.45) is 5.92 Å². The zero-order valence-corrected chi connectivity index (χ0v) is 10.5. The van der Waals surface area contributed by atoms with Gasteiger partial charge in [0.1, 0.15) is 0 Å². The SMILES string of the molecule is COCc1ccccc1C(=O)NCC(C)C(=O)O. The van der Waals surface area contributed by atoms with Crippen LogP contribution in [0.5, 0.6) is 0 Å². The summed E-state index contributed by atoms with van der Waals surface area (Å²) >= 11 is 0. The highest BCUT2D eigenvalue weighted by Crippen LogP contribution is 2.09. The summed E-state index contributed by atoms with van der Waals surface area (Å²) in [4.78, 5) is 22.6. The molecule has 0 aliphatic carbocycles. The number of carboxylic acid groups (broad SMARTS) is 1. The smallest absolute Gasteiger partial charge is 0.308 e. The number of rotatable bonds is 6. The van der Waals surface area contributed by atoms with Gasteiger partial charge in [-0.1, -0.05) is 25.1 Å². The fourth-order valence-electron chi connectivity index (χ4n) is 1.45. The summed E-state index contributed by atoms with van der Waals surface area (Å²) < 4.78 is 5.01. The maximum Gasteiger partial charge on any atom is 0.308 e. The van der Waals surface area contributed by atoms with Crippen molar-refractivity contribution in [2.45, 2.75) is 13.5 Å². The summed E-state index contributed by atoms with van der Waals surface area (Å²) in [6, 6.07) is 7.08. The average molecular weight is 251 g/mol. The van der Waals surface area contributed by atoms with Gasteiger partial charge >= 0.3 is 5.97 Å². The second-order valence-electron chi connectivity index (χ2n) is 4.04. The van der Waals surface area contributed by atoms with E-state index in [1.807, 2.05) is 6.07 Å². The summed E-state index contributed by atoms with van der Waals surface area (Å²) in [5, 5.41) is 11.3. The molecule has 2 N–H and O–H groups in total. The van der Waals surface area contributed by atoms with E-state index in [1.54, 1.807) is 32.2 Å². The van der Waals surface area contributed by atoms with Gasteiger partial charge in [0, 0.05) is 19.2 Å². The lowest BCUT2D eigenvalue weighted by molar-refractivity contribution is -0.140. The van der Waals surface area contributed by atoms with Crippen molar-refractivity contribution in [3.05, 3.63) is 35.4 Å². The van der Waals surface area contributed by atoms with E-state index >= 15 is 0 Å². The summed E-state index contributed by atoms with van der Waals surface area (Å²) in [6.45, 7) is 2.00. The maximum absolute atomic E-state index is 11.9. The van der Waals surface area contributed by atoms with Crippen molar-refractivity contribution in [1.82, 2.24) is 5.32 Å². The van der Waals surface area contributed by atoms with Crippen LogP contribution in [-0.2, 0) is 16.1 Å². The molecule has 0 bridgehead atoms. The van der Waals surface area contributed by atoms with Crippen molar-refractivity contribution in [3.8, 4) is 0 Å². The Bertz CT molecular complexity index is 431. The van der Waals surface area contributed by atoms with Crippen LogP contribution in [0.4, 0.5) is 0 Å². The van der Waals surface area contributed by atoms with Crippen LogP contribution in [0.25, 0.3) is 0 Å². The molecule has 0 saturated carbocycles. The normalized spacial score (nSPS) is 11.9. The predicted molar refractivity (Wildman–Crippen MR) is 66.3 cm³/mol. The molecule has 0 aromatic heterocycles. The molecule has 0 radical (unpaired) electrons. The number of carbonyl (C=O) groups is 2. The Kier molecular flexibility index (Phi) is 5.32. The van der Waals surface area contributed by atoms with Crippen LogP contribution in [0.15, 0.2) is 24.3 Å². The van der Waals surface area contributed by atoms with E-state index in [-0.39, 0.29) is 12.5 Å². The molecular weight excluding hydrogens is 234 g/mol. The van der Waals surface area contributed by atoms with Gasteiger partial charge in [0.05, 0.1) is 12.5 Å². The third-order valence-electron chi connectivity index (χ3n) is 2.55. The van der Waals surface area contributed by atoms with Crippen LogP contribution in [0.2, 0.25) is 0 Å². The molecule has 0 aliphatic heterocycles. The van der Waals surface area contributed by atoms with Gasteiger partial charge in [-0.3, -0.25) is 9.59 Å². The molecule has 0 saturated heterocycles. The second-order valence-corrected chi connectivity index (χ2v) is 4.04. The van der Waals surface area contributed by atoms with E-state index in [4.69, 9.17) is 9.84 Å². The number of amides is 1.